The molecule has 3 aromatic heterocycles. The first-order chi connectivity index (χ1) is 14.3. The van der Waals surface area contributed by atoms with Crippen LogP contribution in [0.3, 0.4) is 0 Å². The van der Waals surface area contributed by atoms with Crippen molar-refractivity contribution in [2.24, 2.45) is 0 Å². The molecular formula is C20H13ClF3N3O2S. The van der Waals surface area contributed by atoms with Crippen LogP contribution in [0.2, 0.25) is 5.02 Å². The zero-order valence-electron chi connectivity index (χ0n) is 15.3. The molecule has 0 saturated carbocycles. The Morgan fingerprint density at radius 3 is 2.67 bits per heavy atom. The molecule has 154 valence electrons. The van der Waals surface area contributed by atoms with Gasteiger partial charge in [-0.15, -0.1) is 10.2 Å². The number of hydrogen-bond acceptors (Lipinski definition) is 5. The van der Waals surface area contributed by atoms with E-state index in [-0.39, 0.29) is 15.8 Å². The van der Waals surface area contributed by atoms with Gasteiger partial charge in [0.2, 0.25) is 0 Å². The van der Waals surface area contributed by atoms with Gasteiger partial charge in [-0.3, -0.25) is 4.40 Å². The summed E-state index contributed by atoms with van der Waals surface area (Å²) < 4.78 is 46.0. The van der Waals surface area contributed by atoms with Crippen molar-refractivity contribution in [3.63, 3.8) is 0 Å². The van der Waals surface area contributed by atoms with E-state index in [0.717, 1.165) is 42.5 Å². The molecule has 5 nitrogen and oxygen atoms in total. The van der Waals surface area contributed by atoms with Crippen molar-refractivity contribution < 1.29 is 17.6 Å². The third kappa shape index (κ3) is 3.35. The second kappa shape index (κ2) is 7.02. The lowest BCUT2D eigenvalue weighted by atomic mass is 10.0. The highest BCUT2D eigenvalue weighted by Gasteiger charge is 2.32. The summed E-state index contributed by atoms with van der Waals surface area (Å²) in [6.07, 6.45) is -0.618. The number of alkyl halides is 3. The second-order valence-electron chi connectivity index (χ2n) is 7.10. The Labute approximate surface area is 176 Å². The van der Waals surface area contributed by atoms with Crippen molar-refractivity contribution in [1.29, 1.82) is 0 Å². The first kappa shape index (κ1) is 19.4. The van der Waals surface area contributed by atoms with Gasteiger partial charge in [0.05, 0.1) is 10.6 Å². The molecule has 1 aromatic carbocycles. The fraction of sp³-hybridized carbons (Fsp3) is 0.250. The number of pyridine rings is 1. The minimum absolute atomic E-state index is 0.134. The third-order valence-electron chi connectivity index (χ3n) is 5.16. The molecule has 0 atom stereocenters. The largest absolute Gasteiger partial charge is 0.423 e. The molecule has 0 unspecified atom stereocenters. The van der Waals surface area contributed by atoms with Gasteiger partial charge in [0, 0.05) is 23.4 Å². The summed E-state index contributed by atoms with van der Waals surface area (Å²) in [4.78, 5) is 12.0. The lowest BCUT2D eigenvalue weighted by molar-refractivity contribution is -0.137. The monoisotopic (exact) mass is 451 g/mol. The van der Waals surface area contributed by atoms with Gasteiger partial charge >= 0.3 is 11.8 Å². The van der Waals surface area contributed by atoms with Crippen LogP contribution in [0.1, 0.15) is 28.7 Å². The Kier molecular flexibility index (Phi) is 4.55. The van der Waals surface area contributed by atoms with Gasteiger partial charge < -0.3 is 4.42 Å². The molecular weight excluding hydrogens is 439 g/mol. The number of nitrogens with zero attached hydrogens (tertiary/aromatic N) is 3. The van der Waals surface area contributed by atoms with Gasteiger partial charge in [0.25, 0.3) is 0 Å². The van der Waals surface area contributed by atoms with E-state index >= 15 is 0 Å². The molecule has 0 amide bonds. The van der Waals surface area contributed by atoms with E-state index < -0.39 is 17.4 Å². The molecule has 0 saturated heterocycles. The fourth-order valence-corrected chi connectivity index (χ4v) is 4.89. The Balaban J connectivity index is 1.54. The predicted octanol–water partition coefficient (Wildman–Crippen LogP) is 5.29. The molecule has 3 heterocycles. The van der Waals surface area contributed by atoms with Gasteiger partial charge in [-0.25, -0.2) is 4.79 Å². The first-order valence-electron chi connectivity index (χ1n) is 9.12. The SMILES string of the molecule is O=c1cc(CSc2nnc3c(Cl)cc(C(F)(F)F)cn23)c2cc3c(cc2o1)CCC3. The number of benzene rings is 1. The van der Waals surface area contributed by atoms with Crippen molar-refractivity contribution >= 4 is 40.0 Å². The average Bonchev–Trinajstić information content (AvgIpc) is 3.30. The second-order valence-corrected chi connectivity index (χ2v) is 8.45. The molecule has 0 fully saturated rings. The van der Waals surface area contributed by atoms with Gasteiger partial charge in [-0.2, -0.15) is 13.2 Å². The lowest BCUT2D eigenvalue weighted by Crippen LogP contribution is -2.07. The quantitative estimate of drug-likeness (QED) is 0.313. The van der Waals surface area contributed by atoms with Gasteiger partial charge in [-0.1, -0.05) is 23.4 Å². The summed E-state index contributed by atoms with van der Waals surface area (Å²) in [6, 6.07) is 6.19. The number of aryl methyl sites for hydroxylation is 2. The van der Waals surface area contributed by atoms with Crippen molar-refractivity contribution in [1.82, 2.24) is 14.6 Å². The minimum Gasteiger partial charge on any atom is -0.423 e. The molecule has 4 aromatic rings. The fourth-order valence-electron chi connectivity index (χ4n) is 3.74. The highest BCUT2D eigenvalue weighted by Crippen LogP contribution is 2.35. The molecule has 0 spiro atoms. The van der Waals surface area contributed by atoms with E-state index in [2.05, 4.69) is 10.2 Å². The van der Waals surface area contributed by atoms with Crippen LogP contribution < -0.4 is 5.63 Å². The van der Waals surface area contributed by atoms with Crippen LogP contribution in [0, 0.1) is 0 Å². The number of rotatable bonds is 3. The molecule has 0 bridgehead atoms. The zero-order valence-corrected chi connectivity index (χ0v) is 16.9. The topological polar surface area (TPSA) is 60.4 Å². The average molecular weight is 452 g/mol. The molecule has 5 rings (SSSR count). The summed E-state index contributed by atoms with van der Waals surface area (Å²) in [6.45, 7) is 0. The summed E-state index contributed by atoms with van der Waals surface area (Å²) in [7, 11) is 0. The number of hydrogen-bond donors (Lipinski definition) is 0. The summed E-state index contributed by atoms with van der Waals surface area (Å²) >= 11 is 7.14. The molecule has 10 heteroatoms. The Bertz CT molecular complexity index is 1360. The zero-order chi connectivity index (χ0) is 21.0. The van der Waals surface area contributed by atoms with Crippen LogP contribution in [0.4, 0.5) is 13.2 Å². The standard InChI is InChI=1S/C20H13ClF3N3O2S/c21-15-7-13(20(22,23)24)8-27-18(15)25-26-19(27)30-9-12-6-17(28)29-16-5-11-3-1-2-10(11)4-14(12)16/h4-8H,1-3,9H2. The van der Waals surface area contributed by atoms with E-state index in [1.54, 1.807) is 0 Å². The van der Waals surface area contributed by atoms with Crippen molar-refractivity contribution in [2.75, 3.05) is 0 Å². The van der Waals surface area contributed by atoms with Crippen LogP contribution in [0.5, 0.6) is 0 Å². The summed E-state index contributed by atoms with van der Waals surface area (Å²) in [5.74, 6) is 0.315. The molecule has 0 radical (unpaired) electrons. The van der Waals surface area contributed by atoms with Gasteiger partial charge in [0.1, 0.15) is 5.58 Å². The van der Waals surface area contributed by atoms with E-state index in [1.165, 1.54) is 33.4 Å². The molecule has 1 aliphatic carbocycles. The maximum Gasteiger partial charge on any atom is 0.417 e. The summed E-state index contributed by atoms with van der Waals surface area (Å²) in [5.41, 5.74) is 2.46. The first-order valence-corrected chi connectivity index (χ1v) is 10.5. The number of thioether (sulfide) groups is 1. The van der Waals surface area contributed by atoms with E-state index in [4.69, 9.17) is 16.0 Å². The Morgan fingerprint density at radius 1 is 1.13 bits per heavy atom. The van der Waals surface area contributed by atoms with E-state index in [9.17, 15) is 18.0 Å². The highest BCUT2D eigenvalue weighted by molar-refractivity contribution is 7.98. The maximum absolute atomic E-state index is 13.1. The Hall–Kier alpha value is -2.52. The minimum atomic E-state index is -4.54. The van der Waals surface area contributed by atoms with Crippen LogP contribution in [-0.2, 0) is 24.8 Å². The molecule has 0 aliphatic heterocycles. The predicted molar refractivity (Wildman–Crippen MR) is 107 cm³/mol. The number of fused-ring (bicyclic) bond motifs is 3. The van der Waals surface area contributed by atoms with E-state index in [1.807, 2.05) is 12.1 Å². The highest BCUT2D eigenvalue weighted by atomic mass is 35.5. The lowest BCUT2D eigenvalue weighted by Gasteiger charge is -2.09. The number of halogens is 4. The smallest absolute Gasteiger partial charge is 0.417 e. The van der Waals surface area contributed by atoms with Crippen molar-refractivity contribution in [3.05, 3.63) is 68.2 Å². The van der Waals surface area contributed by atoms with Crippen molar-refractivity contribution in [2.45, 2.75) is 36.3 Å². The number of aromatic nitrogens is 3. The van der Waals surface area contributed by atoms with Crippen LogP contribution in [0.15, 0.2) is 44.8 Å². The molecule has 0 N–H and O–H groups in total. The molecule has 30 heavy (non-hydrogen) atoms. The molecule has 1 aliphatic rings. The van der Waals surface area contributed by atoms with Crippen LogP contribution >= 0.6 is 23.4 Å². The normalized spacial score (nSPS) is 14.0. The van der Waals surface area contributed by atoms with Crippen molar-refractivity contribution in [3.8, 4) is 0 Å². The maximum atomic E-state index is 13.1. The van der Waals surface area contributed by atoms with Gasteiger partial charge in [-0.05, 0) is 54.2 Å². The third-order valence-corrected chi connectivity index (χ3v) is 6.43. The van der Waals surface area contributed by atoms with Gasteiger partial charge in [0.15, 0.2) is 10.8 Å². The Morgan fingerprint density at radius 2 is 1.90 bits per heavy atom. The van der Waals surface area contributed by atoms with Crippen LogP contribution in [0.25, 0.3) is 16.6 Å². The van der Waals surface area contributed by atoms with E-state index in [0.29, 0.717) is 11.3 Å². The summed E-state index contributed by atoms with van der Waals surface area (Å²) in [5, 5.41) is 8.81. The van der Waals surface area contributed by atoms with Crippen LogP contribution in [-0.4, -0.2) is 14.6 Å².